The van der Waals surface area contributed by atoms with E-state index >= 15 is 0 Å². The number of allylic oxidation sites excluding steroid dienone is 6. The molecule has 0 fully saturated rings. The van der Waals surface area contributed by atoms with Crippen molar-refractivity contribution in [3.63, 3.8) is 0 Å². The van der Waals surface area contributed by atoms with E-state index in [4.69, 9.17) is 9.79 Å². The normalized spacial score (nSPS) is 14.7. The fourth-order valence-electron chi connectivity index (χ4n) is 2.16. The molecule has 0 spiro atoms. The molecule has 5 nitrogen and oxygen atoms in total. The van der Waals surface area contributed by atoms with Gasteiger partial charge in [0.2, 0.25) is 0 Å². The number of halogens is 2. The van der Waals surface area contributed by atoms with Crippen molar-refractivity contribution in [3.8, 4) is 0 Å². The van der Waals surface area contributed by atoms with Crippen molar-refractivity contribution in [2.45, 2.75) is 65.2 Å². The third-order valence-corrected chi connectivity index (χ3v) is 7.94. The summed E-state index contributed by atoms with van der Waals surface area (Å²) < 4.78 is 49.0. The summed E-state index contributed by atoms with van der Waals surface area (Å²) in [6.07, 6.45) is 8.24. The van der Waals surface area contributed by atoms with Gasteiger partial charge >= 0.3 is 167 Å². The Bertz CT molecular complexity index is 672. The summed E-state index contributed by atoms with van der Waals surface area (Å²) in [5.74, 6) is 0. The van der Waals surface area contributed by atoms with Gasteiger partial charge in [0.05, 0.1) is 0 Å². The molecule has 29 heavy (non-hydrogen) atoms. The Morgan fingerprint density at radius 2 is 1.21 bits per heavy atom. The van der Waals surface area contributed by atoms with Crippen molar-refractivity contribution in [1.29, 1.82) is 0 Å². The Balaban J connectivity index is -0.000000208. The van der Waals surface area contributed by atoms with Crippen LogP contribution in [0.4, 0.5) is 8.78 Å². The van der Waals surface area contributed by atoms with Crippen molar-refractivity contribution in [2.24, 2.45) is 0 Å². The molecular weight excluding hydrogens is 501 g/mol. The minimum atomic E-state index is -5.98. The van der Waals surface area contributed by atoms with Crippen LogP contribution in [0.25, 0.3) is 0 Å². The zero-order valence-corrected chi connectivity index (χ0v) is 29.9. The molecule has 0 rings (SSSR count). The van der Waals surface area contributed by atoms with Crippen LogP contribution < -0.4 is 154 Å². The molecule has 0 saturated carbocycles. The molecule has 0 aromatic heterocycles. The molecule has 1 unspecified atom stereocenters. The maximum absolute atomic E-state index is 13.4. The molecular formula is C17H33F2K3O5P2. The van der Waals surface area contributed by atoms with Gasteiger partial charge < -0.3 is 19.0 Å². The van der Waals surface area contributed by atoms with Crippen molar-refractivity contribution in [1.82, 2.24) is 0 Å². The molecule has 0 saturated heterocycles. The second-order valence-electron chi connectivity index (χ2n) is 6.73. The van der Waals surface area contributed by atoms with Crippen molar-refractivity contribution in [3.05, 3.63) is 34.9 Å². The second-order valence-corrected chi connectivity index (χ2v) is 11.1. The van der Waals surface area contributed by atoms with Gasteiger partial charge in [-0.1, -0.05) is 34.9 Å². The van der Waals surface area contributed by atoms with E-state index in [1.165, 1.54) is 11.1 Å². The Morgan fingerprint density at radius 3 is 1.59 bits per heavy atom. The number of alkyl halides is 2. The molecule has 0 amide bonds. The Hall–Kier alpha value is 4.33. The smallest absolute Gasteiger partial charge is 1.00 e. The Kier molecular flexibility index (Phi) is 27.2. The van der Waals surface area contributed by atoms with E-state index in [9.17, 15) is 22.8 Å². The number of rotatable bonds is 11. The molecule has 0 aromatic carbocycles. The van der Waals surface area contributed by atoms with Crippen LogP contribution in [0, 0.1) is 0 Å². The standard InChI is InChI=1S/C17H30F2O5P2.3K.3H/c1-14(2)8-5-9-15(3)10-6-11-16(4)12-7-13-25(20,21)17(18,19)26(22,23)24;;;;;;/h8,10,12H,5-7,9,11,13H2,1-4H3,(H,20,21)(H2,22,23,24);;;;;;/q;3*+1;3*-1/b15-10+,16-12+;;;;;;. The fraction of sp³-hybridized carbons (Fsp3) is 0.647. The first kappa shape index (κ1) is 40.5. The average molecular weight is 535 g/mol. The van der Waals surface area contributed by atoms with Gasteiger partial charge in [-0.15, -0.1) is 0 Å². The molecule has 3 N–H and O–H groups in total. The van der Waals surface area contributed by atoms with E-state index in [0.717, 1.165) is 24.8 Å². The molecule has 158 valence electrons. The van der Waals surface area contributed by atoms with Gasteiger partial charge in [0.15, 0.2) is 0 Å². The maximum atomic E-state index is 13.4. The summed E-state index contributed by atoms with van der Waals surface area (Å²) in [5.41, 5.74) is 3.41. The molecule has 0 radical (unpaired) electrons. The van der Waals surface area contributed by atoms with E-state index in [0.29, 0.717) is 6.42 Å². The summed E-state index contributed by atoms with van der Waals surface area (Å²) in [7, 11) is -11.3. The second kappa shape index (κ2) is 19.5. The summed E-state index contributed by atoms with van der Waals surface area (Å²) >= 11 is 0. The van der Waals surface area contributed by atoms with Gasteiger partial charge in [-0.05, 0) is 59.8 Å². The van der Waals surface area contributed by atoms with Crippen LogP contribution in [0.2, 0.25) is 0 Å². The van der Waals surface area contributed by atoms with E-state index in [2.05, 4.69) is 12.2 Å². The third-order valence-electron chi connectivity index (χ3n) is 3.82. The maximum Gasteiger partial charge on any atom is 1.00 e. The molecule has 0 aliphatic carbocycles. The SMILES string of the molecule is CC(C)=CCC/C(C)=C/CC/C(C)=C/CCP(=O)(O)C(F)(F)P(=O)(O)O.[H-].[H-].[H-].[K+].[K+].[K+]. The fourth-order valence-corrected chi connectivity index (χ4v) is 4.84. The van der Waals surface area contributed by atoms with E-state index in [-0.39, 0.29) is 165 Å². The predicted molar refractivity (Wildman–Crippen MR) is 105 cm³/mol. The van der Waals surface area contributed by atoms with Crippen LogP contribution in [0.3, 0.4) is 0 Å². The molecule has 12 heteroatoms. The zero-order valence-electron chi connectivity index (χ0n) is 21.8. The van der Waals surface area contributed by atoms with Crippen LogP contribution in [0.15, 0.2) is 34.9 Å². The van der Waals surface area contributed by atoms with Crippen LogP contribution in [-0.2, 0) is 9.13 Å². The predicted octanol–water partition coefficient (Wildman–Crippen LogP) is -2.86. The van der Waals surface area contributed by atoms with Gasteiger partial charge in [-0.3, -0.25) is 9.13 Å². The summed E-state index contributed by atoms with van der Waals surface area (Å²) in [4.78, 5) is 26.4. The van der Waals surface area contributed by atoms with Crippen molar-refractivity contribution in [2.75, 3.05) is 6.16 Å². The third kappa shape index (κ3) is 17.4. The molecule has 0 aliphatic rings. The molecule has 0 heterocycles. The van der Waals surface area contributed by atoms with Crippen LogP contribution in [0.5, 0.6) is 0 Å². The minimum Gasteiger partial charge on any atom is -1.00 e. The van der Waals surface area contributed by atoms with Gasteiger partial charge in [0.25, 0.3) is 7.37 Å². The largest absolute Gasteiger partial charge is 1.00 e. The first-order valence-corrected chi connectivity index (χ1v) is 11.9. The Morgan fingerprint density at radius 1 is 0.828 bits per heavy atom. The van der Waals surface area contributed by atoms with Gasteiger partial charge in [0, 0.05) is 6.16 Å². The number of hydrogen-bond donors (Lipinski definition) is 3. The topological polar surface area (TPSA) is 94.8 Å². The quantitative estimate of drug-likeness (QED) is 0.151. The summed E-state index contributed by atoms with van der Waals surface area (Å²) in [6.45, 7) is 7.93. The zero-order chi connectivity index (χ0) is 20.6. The summed E-state index contributed by atoms with van der Waals surface area (Å²) in [5, 5.41) is -4.91. The van der Waals surface area contributed by atoms with Crippen LogP contribution >= 0.6 is 15.0 Å². The van der Waals surface area contributed by atoms with E-state index in [1.54, 1.807) is 13.0 Å². The van der Waals surface area contributed by atoms with Gasteiger partial charge in [0.1, 0.15) is 0 Å². The molecule has 0 bridgehead atoms. The monoisotopic (exact) mass is 534 g/mol. The van der Waals surface area contributed by atoms with Crippen molar-refractivity contribution < 1.29 is 191 Å². The van der Waals surface area contributed by atoms with Crippen LogP contribution in [0.1, 0.15) is 64.1 Å². The van der Waals surface area contributed by atoms with E-state index in [1.807, 2.05) is 20.8 Å². The molecule has 0 aromatic rings. The van der Waals surface area contributed by atoms with Crippen LogP contribution in [-0.4, -0.2) is 26.2 Å². The molecule has 0 aliphatic heterocycles. The molecule has 1 atom stereocenters. The first-order chi connectivity index (χ1) is 11.7. The van der Waals surface area contributed by atoms with Gasteiger partial charge in [-0.25, -0.2) is 0 Å². The van der Waals surface area contributed by atoms with Crippen molar-refractivity contribution >= 4 is 15.0 Å². The minimum absolute atomic E-state index is 0. The first-order valence-electron chi connectivity index (χ1n) is 8.40. The average Bonchev–Trinajstić information content (AvgIpc) is 2.45. The summed E-state index contributed by atoms with van der Waals surface area (Å²) in [6, 6.07) is 0. The Labute approximate surface area is 305 Å². The van der Waals surface area contributed by atoms with Gasteiger partial charge in [-0.2, -0.15) is 8.78 Å². The van der Waals surface area contributed by atoms with E-state index < -0.39 is 26.5 Å². The number of hydrogen-bond acceptors (Lipinski definition) is 2.